The lowest BCUT2D eigenvalue weighted by Gasteiger charge is -2.25. The van der Waals surface area contributed by atoms with E-state index in [-0.39, 0.29) is 5.69 Å². The highest BCUT2D eigenvalue weighted by atomic mass is 35.5. The van der Waals surface area contributed by atoms with Crippen molar-refractivity contribution in [3.63, 3.8) is 0 Å². The van der Waals surface area contributed by atoms with E-state index in [1.807, 2.05) is 29.1 Å². The Morgan fingerprint density at radius 3 is 2.36 bits per heavy atom. The maximum absolute atomic E-state index is 13.1. The van der Waals surface area contributed by atoms with Crippen molar-refractivity contribution in [3.8, 4) is 22.4 Å². The Morgan fingerprint density at radius 2 is 1.69 bits per heavy atom. The van der Waals surface area contributed by atoms with Gasteiger partial charge in [-0.15, -0.1) is 0 Å². The van der Waals surface area contributed by atoms with Gasteiger partial charge in [0.1, 0.15) is 5.69 Å². The number of nitrogens with one attached hydrogen (secondary N) is 2. The summed E-state index contributed by atoms with van der Waals surface area (Å²) in [5.41, 5.74) is 2.91. The van der Waals surface area contributed by atoms with E-state index in [0.29, 0.717) is 11.7 Å². The first-order chi connectivity index (χ1) is 17.3. The van der Waals surface area contributed by atoms with Gasteiger partial charge in [0.15, 0.2) is 0 Å². The fourth-order valence-corrected chi connectivity index (χ4v) is 4.27. The first-order valence-electron chi connectivity index (χ1n) is 11.3. The van der Waals surface area contributed by atoms with Gasteiger partial charge in [0.2, 0.25) is 0 Å². The molecule has 0 atom stereocenters. The van der Waals surface area contributed by atoms with Crippen molar-refractivity contribution in [1.29, 1.82) is 0 Å². The summed E-state index contributed by atoms with van der Waals surface area (Å²) >= 11 is 5.65. The molecule has 2 heterocycles. The molecule has 1 aliphatic carbocycles. The van der Waals surface area contributed by atoms with Gasteiger partial charge < -0.3 is 10.6 Å². The summed E-state index contributed by atoms with van der Waals surface area (Å²) < 4.78 is 41.4. The molecule has 0 radical (unpaired) electrons. The van der Waals surface area contributed by atoms with Gasteiger partial charge in [-0.3, -0.25) is 9.67 Å². The Hall–Kier alpha value is -3.85. The smallest absolute Gasteiger partial charge is 0.308 e. The van der Waals surface area contributed by atoms with Crippen LogP contribution in [0.25, 0.3) is 22.4 Å². The lowest BCUT2D eigenvalue weighted by atomic mass is 9.93. The Labute approximate surface area is 210 Å². The topological polar surface area (TPSA) is 71.8 Å². The fourth-order valence-electron chi connectivity index (χ4n) is 4.04. The number of amides is 2. The number of rotatable bonds is 5. The summed E-state index contributed by atoms with van der Waals surface area (Å²) in [6, 6.07) is 13.9. The van der Waals surface area contributed by atoms with Crippen LogP contribution in [0.3, 0.4) is 0 Å². The van der Waals surface area contributed by atoms with E-state index in [1.54, 1.807) is 30.6 Å². The van der Waals surface area contributed by atoms with Crippen molar-refractivity contribution in [2.75, 3.05) is 10.6 Å². The SMILES string of the molecule is O=C(Nc1cccc(-c2nn(C3CCC3)cc2-c2ccncc2)c1)Nc1ccc(Cl)c(C(F)(F)F)c1. The molecular weight excluding hydrogens is 491 g/mol. The molecule has 1 fully saturated rings. The molecule has 0 bridgehead atoms. The third-order valence-corrected chi connectivity index (χ3v) is 6.43. The molecule has 2 amide bonds. The van der Waals surface area contributed by atoms with E-state index < -0.39 is 22.8 Å². The van der Waals surface area contributed by atoms with Gasteiger partial charge in [-0.25, -0.2) is 4.79 Å². The number of hydrogen-bond acceptors (Lipinski definition) is 3. The van der Waals surface area contributed by atoms with Gasteiger partial charge in [-0.05, 0) is 67.3 Å². The molecule has 1 aliphatic rings. The number of halogens is 4. The largest absolute Gasteiger partial charge is 0.417 e. The van der Waals surface area contributed by atoms with Crippen LogP contribution in [-0.4, -0.2) is 20.8 Å². The van der Waals surface area contributed by atoms with Crippen LogP contribution in [0.2, 0.25) is 5.02 Å². The minimum absolute atomic E-state index is 0.0282. The molecule has 0 spiro atoms. The Bertz CT molecular complexity index is 1400. The molecule has 5 rings (SSSR count). The fraction of sp³-hybridized carbons (Fsp3) is 0.192. The number of aromatic nitrogens is 3. The quantitative estimate of drug-likeness (QED) is 0.289. The third kappa shape index (κ3) is 5.06. The van der Waals surface area contributed by atoms with Gasteiger partial charge >= 0.3 is 12.2 Å². The number of pyridine rings is 1. The third-order valence-electron chi connectivity index (χ3n) is 6.10. The van der Waals surface area contributed by atoms with Gasteiger partial charge in [-0.1, -0.05) is 23.7 Å². The highest BCUT2D eigenvalue weighted by Gasteiger charge is 2.33. The molecule has 0 aliphatic heterocycles. The van der Waals surface area contributed by atoms with Crippen molar-refractivity contribution in [3.05, 3.63) is 83.8 Å². The molecular formula is C26H21ClF3N5O. The van der Waals surface area contributed by atoms with Crippen LogP contribution < -0.4 is 10.6 Å². The van der Waals surface area contributed by atoms with Crippen molar-refractivity contribution in [1.82, 2.24) is 14.8 Å². The first kappa shape index (κ1) is 23.9. The van der Waals surface area contributed by atoms with Crippen LogP contribution in [0.5, 0.6) is 0 Å². The zero-order chi connectivity index (χ0) is 25.3. The molecule has 2 aromatic heterocycles. The maximum atomic E-state index is 13.1. The van der Waals surface area contributed by atoms with Crippen LogP contribution in [-0.2, 0) is 6.18 Å². The number of hydrogen-bond donors (Lipinski definition) is 2. The van der Waals surface area contributed by atoms with Crippen molar-refractivity contribution in [2.24, 2.45) is 0 Å². The van der Waals surface area contributed by atoms with Crippen LogP contribution in [0.4, 0.5) is 29.3 Å². The second-order valence-corrected chi connectivity index (χ2v) is 8.95. The zero-order valence-electron chi connectivity index (χ0n) is 18.9. The lowest BCUT2D eigenvalue weighted by Crippen LogP contribution is -2.20. The molecule has 1 saturated carbocycles. The molecule has 0 saturated heterocycles. The second kappa shape index (κ2) is 9.66. The summed E-state index contributed by atoms with van der Waals surface area (Å²) in [6.45, 7) is 0. The van der Waals surface area contributed by atoms with Gasteiger partial charge in [0.25, 0.3) is 0 Å². The number of nitrogens with zero attached hydrogens (tertiary/aromatic N) is 3. The van der Waals surface area contributed by atoms with Crippen LogP contribution in [0, 0.1) is 0 Å². The molecule has 2 N–H and O–H groups in total. The molecule has 36 heavy (non-hydrogen) atoms. The number of alkyl halides is 3. The summed E-state index contributed by atoms with van der Waals surface area (Å²) in [4.78, 5) is 16.6. The van der Waals surface area contributed by atoms with Crippen molar-refractivity contribution in [2.45, 2.75) is 31.5 Å². The minimum atomic E-state index is -4.63. The zero-order valence-corrected chi connectivity index (χ0v) is 19.6. The standard InChI is InChI=1S/C26H21ClF3N5O/c27-23-8-7-19(14-22(23)26(28,29)30)33-25(36)32-18-4-1-3-17(13-18)24-21(16-9-11-31-12-10-16)15-35(34-24)20-5-2-6-20/h1,3-4,7-15,20H,2,5-6H2,(H2,32,33,36). The molecule has 6 nitrogen and oxygen atoms in total. The number of benzene rings is 2. The average molecular weight is 512 g/mol. The number of carbonyl (C=O) groups excluding carboxylic acids is 1. The average Bonchev–Trinajstić information content (AvgIpc) is 3.24. The molecule has 184 valence electrons. The molecule has 0 unspecified atom stereocenters. The highest BCUT2D eigenvalue weighted by molar-refractivity contribution is 6.31. The lowest BCUT2D eigenvalue weighted by molar-refractivity contribution is -0.137. The Balaban J connectivity index is 1.39. The Kier molecular flexibility index (Phi) is 6.40. The monoisotopic (exact) mass is 511 g/mol. The van der Waals surface area contributed by atoms with Gasteiger partial charge in [0, 0.05) is 41.1 Å². The van der Waals surface area contributed by atoms with Crippen LogP contribution >= 0.6 is 11.6 Å². The normalized spacial score (nSPS) is 13.8. The molecule has 10 heteroatoms. The van der Waals surface area contributed by atoms with E-state index >= 15 is 0 Å². The van der Waals surface area contributed by atoms with E-state index in [0.717, 1.165) is 47.4 Å². The van der Waals surface area contributed by atoms with E-state index in [4.69, 9.17) is 16.7 Å². The molecule has 2 aromatic carbocycles. The van der Waals surface area contributed by atoms with Crippen molar-refractivity contribution >= 4 is 29.0 Å². The maximum Gasteiger partial charge on any atom is 0.417 e. The van der Waals surface area contributed by atoms with Crippen LogP contribution in [0.15, 0.2) is 73.2 Å². The predicted octanol–water partition coefficient (Wildman–Crippen LogP) is 7.65. The van der Waals surface area contributed by atoms with Gasteiger partial charge in [0.05, 0.1) is 16.6 Å². The van der Waals surface area contributed by atoms with E-state index in [2.05, 4.69) is 15.6 Å². The summed E-state index contributed by atoms with van der Waals surface area (Å²) in [5.74, 6) is 0. The van der Waals surface area contributed by atoms with Crippen LogP contribution in [0.1, 0.15) is 30.9 Å². The van der Waals surface area contributed by atoms with Crippen molar-refractivity contribution < 1.29 is 18.0 Å². The predicted molar refractivity (Wildman–Crippen MR) is 133 cm³/mol. The molecule has 4 aromatic rings. The second-order valence-electron chi connectivity index (χ2n) is 8.54. The minimum Gasteiger partial charge on any atom is -0.308 e. The van der Waals surface area contributed by atoms with E-state index in [9.17, 15) is 18.0 Å². The summed E-state index contributed by atoms with van der Waals surface area (Å²) in [7, 11) is 0. The van der Waals surface area contributed by atoms with E-state index in [1.165, 1.54) is 12.5 Å². The highest BCUT2D eigenvalue weighted by Crippen LogP contribution is 2.38. The summed E-state index contributed by atoms with van der Waals surface area (Å²) in [6.07, 6.45) is 4.21. The first-order valence-corrected chi connectivity index (χ1v) is 11.7. The summed E-state index contributed by atoms with van der Waals surface area (Å²) in [5, 5.41) is 9.52. The number of anilines is 2. The number of urea groups is 1. The van der Waals surface area contributed by atoms with Gasteiger partial charge in [-0.2, -0.15) is 18.3 Å². The number of carbonyl (C=O) groups is 1. The Morgan fingerprint density at radius 1 is 0.972 bits per heavy atom.